The van der Waals surface area contributed by atoms with Crippen molar-refractivity contribution < 1.29 is 4.52 Å². The molecule has 0 aliphatic rings. The standard InChI is InChI=1S/C16H16BrN3O2/c1-16(2,3)13-7-10(19-22-13)8-20-9-18-14-11(15(20)21)5-4-6-12(14)17/h4-7,9H,8H2,1-3H3. The smallest absolute Gasteiger partial charge is 0.261 e. The molecule has 0 radical (unpaired) electrons. The summed E-state index contributed by atoms with van der Waals surface area (Å²) in [6.07, 6.45) is 1.54. The second-order valence-corrected chi connectivity index (χ2v) is 7.10. The molecule has 3 aromatic rings. The molecule has 0 N–H and O–H groups in total. The first-order chi connectivity index (χ1) is 10.4. The van der Waals surface area contributed by atoms with E-state index >= 15 is 0 Å². The number of para-hydroxylation sites is 1. The number of fused-ring (bicyclic) bond motifs is 1. The maximum Gasteiger partial charge on any atom is 0.261 e. The van der Waals surface area contributed by atoms with E-state index in [4.69, 9.17) is 4.52 Å². The van der Waals surface area contributed by atoms with Gasteiger partial charge < -0.3 is 4.52 Å². The number of hydrogen-bond acceptors (Lipinski definition) is 4. The molecule has 0 spiro atoms. The van der Waals surface area contributed by atoms with Crippen LogP contribution in [-0.2, 0) is 12.0 Å². The van der Waals surface area contributed by atoms with Gasteiger partial charge in [-0.3, -0.25) is 9.36 Å². The van der Waals surface area contributed by atoms with Crippen LogP contribution in [-0.4, -0.2) is 14.7 Å². The van der Waals surface area contributed by atoms with Crippen molar-refractivity contribution in [3.8, 4) is 0 Å². The zero-order chi connectivity index (χ0) is 15.9. The normalized spacial score (nSPS) is 12.0. The van der Waals surface area contributed by atoms with Crippen LogP contribution >= 0.6 is 15.9 Å². The summed E-state index contributed by atoms with van der Waals surface area (Å²) < 4.78 is 7.71. The second kappa shape index (κ2) is 5.35. The highest BCUT2D eigenvalue weighted by Gasteiger charge is 2.20. The molecule has 0 saturated heterocycles. The number of hydrogen-bond donors (Lipinski definition) is 0. The topological polar surface area (TPSA) is 60.9 Å². The summed E-state index contributed by atoms with van der Waals surface area (Å²) in [5.41, 5.74) is 1.18. The van der Waals surface area contributed by atoms with Crippen molar-refractivity contribution in [1.82, 2.24) is 14.7 Å². The van der Waals surface area contributed by atoms with Crippen molar-refractivity contribution in [3.05, 3.63) is 56.9 Å². The zero-order valence-electron chi connectivity index (χ0n) is 12.6. The first-order valence-electron chi connectivity index (χ1n) is 6.96. The molecule has 6 heteroatoms. The number of halogens is 1. The molecule has 0 bridgehead atoms. The van der Waals surface area contributed by atoms with Crippen LogP contribution in [0.15, 0.2) is 44.4 Å². The van der Waals surface area contributed by atoms with Gasteiger partial charge >= 0.3 is 0 Å². The highest BCUT2D eigenvalue weighted by molar-refractivity contribution is 9.10. The third kappa shape index (κ3) is 2.70. The number of rotatable bonds is 2. The van der Waals surface area contributed by atoms with Crippen molar-refractivity contribution in [3.63, 3.8) is 0 Å². The van der Waals surface area contributed by atoms with Crippen LogP contribution in [0.25, 0.3) is 10.9 Å². The van der Waals surface area contributed by atoms with Crippen LogP contribution in [0.1, 0.15) is 32.2 Å². The predicted octanol–water partition coefficient (Wildman–Crippen LogP) is 3.49. The van der Waals surface area contributed by atoms with Gasteiger partial charge in [0.25, 0.3) is 5.56 Å². The molecule has 114 valence electrons. The molecule has 1 aromatic carbocycles. The van der Waals surface area contributed by atoms with Gasteiger partial charge in [-0.25, -0.2) is 4.98 Å². The quantitative estimate of drug-likeness (QED) is 0.700. The van der Waals surface area contributed by atoms with E-state index in [0.29, 0.717) is 23.1 Å². The monoisotopic (exact) mass is 361 g/mol. The van der Waals surface area contributed by atoms with Crippen LogP contribution in [0.2, 0.25) is 0 Å². The highest BCUT2D eigenvalue weighted by atomic mass is 79.9. The number of nitrogens with zero attached hydrogens (tertiary/aromatic N) is 3. The van der Waals surface area contributed by atoms with Gasteiger partial charge in [0.05, 0.1) is 23.8 Å². The van der Waals surface area contributed by atoms with Crippen molar-refractivity contribution in [2.24, 2.45) is 0 Å². The van der Waals surface area contributed by atoms with Gasteiger partial charge in [-0.15, -0.1) is 0 Å². The van der Waals surface area contributed by atoms with Crippen LogP contribution in [0.4, 0.5) is 0 Å². The van der Waals surface area contributed by atoms with Gasteiger partial charge in [0.2, 0.25) is 0 Å². The summed E-state index contributed by atoms with van der Waals surface area (Å²) in [6, 6.07) is 7.35. The van der Waals surface area contributed by atoms with Crippen LogP contribution in [0.5, 0.6) is 0 Å². The van der Waals surface area contributed by atoms with Crippen molar-refractivity contribution in [2.45, 2.75) is 32.7 Å². The fourth-order valence-electron chi connectivity index (χ4n) is 2.18. The minimum absolute atomic E-state index is 0.0911. The third-order valence-corrected chi connectivity index (χ3v) is 4.07. The Labute approximate surface area is 136 Å². The van der Waals surface area contributed by atoms with Gasteiger partial charge in [0.15, 0.2) is 0 Å². The zero-order valence-corrected chi connectivity index (χ0v) is 14.2. The summed E-state index contributed by atoms with van der Waals surface area (Å²) >= 11 is 3.41. The Bertz CT molecular complexity index is 890. The first kappa shape index (κ1) is 15.0. The Kier molecular flexibility index (Phi) is 3.64. The Morgan fingerprint density at radius 3 is 2.77 bits per heavy atom. The van der Waals surface area contributed by atoms with E-state index < -0.39 is 0 Å². The van der Waals surface area contributed by atoms with Gasteiger partial charge in [0.1, 0.15) is 11.5 Å². The number of aromatic nitrogens is 3. The Morgan fingerprint density at radius 1 is 1.32 bits per heavy atom. The highest BCUT2D eigenvalue weighted by Crippen LogP contribution is 2.23. The second-order valence-electron chi connectivity index (χ2n) is 6.25. The largest absolute Gasteiger partial charge is 0.361 e. The van der Waals surface area contributed by atoms with Crippen molar-refractivity contribution >= 4 is 26.8 Å². The fraction of sp³-hybridized carbons (Fsp3) is 0.312. The van der Waals surface area contributed by atoms with Crippen LogP contribution in [0.3, 0.4) is 0 Å². The maximum absolute atomic E-state index is 12.5. The molecule has 0 atom stereocenters. The van der Waals surface area contributed by atoms with E-state index in [1.807, 2.05) is 18.2 Å². The number of benzene rings is 1. The lowest BCUT2D eigenvalue weighted by Gasteiger charge is -2.12. The van der Waals surface area contributed by atoms with E-state index in [0.717, 1.165) is 10.2 Å². The van der Waals surface area contributed by atoms with E-state index in [1.165, 1.54) is 0 Å². The van der Waals surface area contributed by atoms with E-state index in [2.05, 4.69) is 46.8 Å². The lowest BCUT2D eigenvalue weighted by Crippen LogP contribution is -2.21. The molecule has 5 nitrogen and oxygen atoms in total. The predicted molar refractivity (Wildman–Crippen MR) is 88.0 cm³/mol. The molecule has 2 heterocycles. The molecule has 0 saturated carbocycles. The van der Waals surface area contributed by atoms with E-state index in [9.17, 15) is 4.79 Å². The first-order valence-corrected chi connectivity index (χ1v) is 7.75. The Balaban J connectivity index is 2.00. The van der Waals surface area contributed by atoms with Gasteiger partial charge in [-0.2, -0.15) is 0 Å². The lowest BCUT2D eigenvalue weighted by atomic mass is 9.93. The average Bonchev–Trinajstić information content (AvgIpc) is 2.91. The van der Waals surface area contributed by atoms with Gasteiger partial charge in [-0.1, -0.05) is 32.0 Å². The van der Waals surface area contributed by atoms with Gasteiger partial charge in [-0.05, 0) is 28.1 Å². The summed E-state index contributed by atoms with van der Waals surface area (Å²) in [7, 11) is 0. The molecule has 0 amide bonds. The lowest BCUT2D eigenvalue weighted by molar-refractivity contribution is 0.325. The van der Waals surface area contributed by atoms with Crippen LogP contribution < -0.4 is 5.56 Å². The molecule has 0 aliphatic carbocycles. The SMILES string of the molecule is CC(C)(C)c1cc(Cn2cnc3c(Br)cccc3c2=O)no1. The fourth-order valence-corrected chi connectivity index (χ4v) is 2.65. The van der Waals surface area contributed by atoms with E-state index in [1.54, 1.807) is 17.0 Å². The third-order valence-electron chi connectivity index (χ3n) is 3.43. The van der Waals surface area contributed by atoms with Crippen molar-refractivity contribution in [1.29, 1.82) is 0 Å². The maximum atomic E-state index is 12.5. The Morgan fingerprint density at radius 2 is 2.09 bits per heavy atom. The molecule has 2 aromatic heterocycles. The molecule has 0 unspecified atom stereocenters. The molecular formula is C16H16BrN3O2. The Hall–Kier alpha value is -1.95. The summed E-state index contributed by atoms with van der Waals surface area (Å²) in [6.45, 7) is 6.50. The van der Waals surface area contributed by atoms with Crippen molar-refractivity contribution in [2.75, 3.05) is 0 Å². The summed E-state index contributed by atoms with van der Waals surface area (Å²) in [4.78, 5) is 16.9. The molecular weight excluding hydrogens is 346 g/mol. The van der Waals surface area contributed by atoms with E-state index in [-0.39, 0.29) is 11.0 Å². The van der Waals surface area contributed by atoms with Gasteiger partial charge in [0, 0.05) is 16.0 Å². The summed E-state index contributed by atoms with van der Waals surface area (Å²) in [5, 5.41) is 4.62. The molecule has 0 aliphatic heterocycles. The minimum Gasteiger partial charge on any atom is -0.361 e. The van der Waals surface area contributed by atoms with Crippen LogP contribution in [0, 0.1) is 0 Å². The average molecular weight is 362 g/mol. The molecule has 0 fully saturated rings. The molecule has 22 heavy (non-hydrogen) atoms. The summed E-state index contributed by atoms with van der Waals surface area (Å²) in [5.74, 6) is 0.798. The minimum atomic E-state index is -0.108. The molecule has 3 rings (SSSR count).